The third kappa shape index (κ3) is 11.5. The van der Waals surface area contributed by atoms with Gasteiger partial charge >= 0.3 is 0 Å². The van der Waals surface area contributed by atoms with Gasteiger partial charge in [-0.1, -0.05) is 267 Å². The molecular weight excluding hydrogens is 1210 g/mol. The molecule has 11 aromatic carbocycles. The fourth-order valence-corrected chi connectivity index (χ4v) is 15.6. The number of rotatable bonds is 7. The number of hydrogen-bond donors (Lipinski definition) is 0. The molecule has 0 aliphatic carbocycles. The predicted octanol–water partition coefficient (Wildman–Crippen LogP) is 24.7. The Morgan fingerprint density at radius 2 is 0.670 bits per heavy atom. The first-order valence-electron chi connectivity index (χ1n) is 40.0. The van der Waals surface area contributed by atoms with E-state index in [0.717, 1.165) is 123 Å². The number of fused-ring (bicyclic) bond motifs is 10. The van der Waals surface area contributed by atoms with E-state index in [1.807, 2.05) is 0 Å². The van der Waals surface area contributed by atoms with E-state index >= 15 is 0 Å². The Bertz CT molecular complexity index is 5610. The minimum Gasteiger partial charge on any atom is -0.311 e. The van der Waals surface area contributed by atoms with Crippen molar-refractivity contribution in [3.05, 3.63) is 257 Å². The Morgan fingerprint density at radius 3 is 1.05 bits per heavy atom. The van der Waals surface area contributed by atoms with Crippen molar-refractivity contribution in [2.45, 2.75) is 184 Å². The molecule has 2 aromatic heterocycles. The minimum absolute atomic E-state index is 0.0777. The maximum Gasteiger partial charge on any atom is 0.252 e. The highest BCUT2D eigenvalue weighted by atomic mass is 15.2. The van der Waals surface area contributed by atoms with Crippen molar-refractivity contribution >= 4 is 101 Å². The van der Waals surface area contributed by atoms with E-state index in [-0.39, 0.29) is 86.2 Å². The highest BCUT2D eigenvalue weighted by molar-refractivity contribution is 7.00. The third-order valence-electron chi connectivity index (χ3n) is 21.2. The SMILES string of the molecule is [2H]c1c([2H])c([2H])c2c(c1[2H])c1cc(C(C)(C)C)ccc1n2-c1ccc2c(c1)N(c1ccc(C(C)(C)C)cc1-c1cccc(C(C)(C)C)c1)c1cc(CC(C)(C)C)cc3c1B2c1ccc(-n2c4ccc(C(C)(C)C)cc4c4c([2H])c([2H])c([2H])c([2H])c42)cc1N3c1ccc(C(C)(C)C)cc1-c1cccc(C(C)(C)C)c1. The molecule has 0 saturated carbocycles. The zero-order valence-electron chi connectivity index (χ0n) is 70.7. The van der Waals surface area contributed by atoms with Crippen LogP contribution in [0.2, 0.25) is 0 Å². The van der Waals surface area contributed by atoms with Crippen LogP contribution in [0.3, 0.4) is 0 Å². The molecule has 0 saturated heterocycles. The lowest BCUT2D eigenvalue weighted by molar-refractivity contribution is 0.411. The second kappa shape index (κ2) is 23.1. The van der Waals surface area contributed by atoms with Crippen molar-refractivity contribution in [2.75, 3.05) is 9.80 Å². The summed E-state index contributed by atoms with van der Waals surface area (Å²) in [5.41, 5.74) is 23.6. The number of hydrogen-bond acceptors (Lipinski definition) is 2. The topological polar surface area (TPSA) is 16.3 Å². The zero-order valence-corrected chi connectivity index (χ0v) is 62.7. The number of para-hydroxylation sites is 2. The Labute approximate surface area is 608 Å². The second-order valence-electron chi connectivity index (χ2n) is 36.1. The van der Waals surface area contributed by atoms with Crippen LogP contribution >= 0.6 is 0 Å². The quantitative estimate of drug-likeness (QED) is 0.148. The standard InChI is InChI=1S/C95H101BN4/c1-89(2,3)58-59-48-86-88-87(49-59)100(81-45-37-65(93(13,14)15)53-73(81)61-29-27-31-63(51-61)91(7,8)9)85-57-69(98-79-35-25-23-33-71(79)75-55-67(95(19,20)21)39-47-83(75)98)41-43-77(85)96(88)76-42-40-68(97-78-34-24-22-32-70(78)74-54-66(94(16,17)18)38-46-82(74)97)56-84(76)99(86)80-44-36-64(92(10,11)12)52-72(80)60-28-26-30-62(50-60)90(4,5)6/h22-57H,58H2,1-21H3/i22D,23D,24D,25D,32D,33D,34D,35D. The fourth-order valence-electron chi connectivity index (χ4n) is 15.6. The van der Waals surface area contributed by atoms with Gasteiger partial charge in [0.05, 0.1) is 44.4 Å². The molecule has 0 unspecified atom stereocenters. The van der Waals surface area contributed by atoms with Crippen LogP contribution in [0.4, 0.5) is 34.1 Å². The molecule has 4 nitrogen and oxygen atoms in total. The molecule has 5 heteroatoms. The molecule has 2 aliphatic rings. The van der Waals surface area contributed by atoms with Crippen LogP contribution in [0.15, 0.2) is 218 Å². The molecule has 2 aliphatic heterocycles. The van der Waals surface area contributed by atoms with E-state index in [9.17, 15) is 8.22 Å². The summed E-state index contributed by atoms with van der Waals surface area (Å²) in [6.45, 7) is 46.9. The van der Waals surface area contributed by atoms with Gasteiger partial charge in [0.1, 0.15) is 0 Å². The normalized spacial score (nSPS) is 14.9. The molecule has 0 fully saturated rings. The maximum atomic E-state index is 9.92. The van der Waals surface area contributed by atoms with Crippen molar-refractivity contribution in [1.82, 2.24) is 9.13 Å². The molecular formula is C95H101BN4. The van der Waals surface area contributed by atoms with Crippen LogP contribution in [0.1, 0.15) is 195 Å². The first kappa shape index (κ1) is 57.4. The highest BCUT2D eigenvalue weighted by Crippen LogP contribution is 2.52. The van der Waals surface area contributed by atoms with Crippen LogP contribution in [0.5, 0.6) is 0 Å². The molecule has 0 atom stereocenters. The lowest BCUT2D eigenvalue weighted by Crippen LogP contribution is -2.61. The monoisotopic (exact) mass is 1320 g/mol. The first-order valence-corrected chi connectivity index (χ1v) is 36.0. The molecule has 0 bridgehead atoms. The van der Waals surface area contributed by atoms with Gasteiger partial charge in [0.25, 0.3) is 6.71 Å². The van der Waals surface area contributed by atoms with E-state index in [4.69, 9.17) is 2.74 Å². The number of nitrogens with zero attached hydrogens (tertiary/aromatic N) is 4. The molecule has 504 valence electrons. The average Bonchev–Trinajstić information content (AvgIpc) is 0.843. The number of benzene rings is 11. The van der Waals surface area contributed by atoms with Crippen molar-refractivity contribution in [1.29, 1.82) is 0 Å². The van der Waals surface area contributed by atoms with Gasteiger partial charge in [0, 0.05) is 66.8 Å². The van der Waals surface area contributed by atoms with E-state index < -0.39 is 6.71 Å². The van der Waals surface area contributed by atoms with Crippen LogP contribution in [0, 0.1) is 5.41 Å². The van der Waals surface area contributed by atoms with E-state index in [1.165, 1.54) is 22.3 Å². The number of anilines is 6. The summed E-state index contributed by atoms with van der Waals surface area (Å²) in [6, 6.07) is 61.8. The summed E-state index contributed by atoms with van der Waals surface area (Å²) in [5.74, 6) is 0. The van der Waals surface area contributed by atoms with E-state index in [1.54, 1.807) is 0 Å². The average molecular weight is 1320 g/mol. The third-order valence-corrected chi connectivity index (χ3v) is 21.2. The largest absolute Gasteiger partial charge is 0.311 e. The molecule has 4 heterocycles. The molecule has 13 aromatic rings. The van der Waals surface area contributed by atoms with Crippen molar-refractivity contribution in [3.8, 4) is 33.6 Å². The van der Waals surface area contributed by atoms with Gasteiger partial charge in [-0.15, -0.1) is 0 Å². The van der Waals surface area contributed by atoms with Gasteiger partial charge in [-0.25, -0.2) is 0 Å². The minimum atomic E-state index is -0.433. The van der Waals surface area contributed by atoms with Gasteiger partial charge in [0.2, 0.25) is 0 Å². The molecule has 0 N–H and O–H groups in total. The summed E-state index contributed by atoms with van der Waals surface area (Å²) in [5, 5.41) is 2.46. The molecule has 100 heavy (non-hydrogen) atoms. The molecule has 0 spiro atoms. The fraction of sp³-hybridized carbons (Fsp3) is 0.305. The van der Waals surface area contributed by atoms with Gasteiger partial charge in [-0.3, -0.25) is 0 Å². The zero-order chi connectivity index (χ0) is 77.8. The van der Waals surface area contributed by atoms with Crippen molar-refractivity contribution < 1.29 is 11.0 Å². The Morgan fingerprint density at radius 1 is 0.310 bits per heavy atom. The molecule has 15 rings (SSSR count). The second-order valence-corrected chi connectivity index (χ2v) is 36.1. The predicted molar refractivity (Wildman–Crippen MR) is 435 cm³/mol. The van der Waals surface area contributed by atoms with Gasteiger partial charge in [-0.2, -0.15) is 0 Å². The summed E-state index contributed by atoms with van der Waals surface area (Å²) in [7, 11) is 0. The summed E-state index contributed by atoms with van der Waals surface area (Å²) in [6.07, 6.45) is 0.715. The Kier molecular flexibility index (Phi) is 13.3. The van der Waals surface area contributed by atoms with E-state index in [2.05, 4.69) is 334 Å². The first-order chi connectivity index (χ1) is 50.3. The molecule has 0 amide bonds. The summed E-state index contributed by atoms with van der Waals surface area (Å²) < 4.78 is 80.4. The Balaban J connectivity index is 1.13. The van der Waals surface area contributed by atoms with Crippen LogP contribution in [-0.4, -0.2) is 15.8 Å². The van der Waals surface area contributed by atoms with Crippen molar-refractivity contribution in [2.24, 2.45) is 5.41 Å². The summed E-state index contributed by atoms with van der Waals surface area (Å²) in [4.78, 5) is 5.05. The summed E-state index contributed by atoms with van der Waals surface area (Å²) >= 11 is 0. The van der Waals surface area contributed by atoms with Crippen LogP contribution in [0.25, 0.3) is 77.2 Å². The molecule has 0 radical (unpaired) electrons. The lowest BCUT2D eigenvalue weighted by Gasteiger charge is -2.45. The number of aromatic nitrogens is 2. The maximum absolute atomic E-state index is 9.92. The van der Waals surface area contributed by atoms with Crippen LogP contribution < -0.4 is 26.2 Å². The van der Waals surface area contributed by atoms with Crippen LogP contribution in [-0.2, 0) is 38.9 Å². The van der Waals surface area contributed by atoms with Gasteiger partial charge < -0.3 is 18.9 Å². The van der Waals surface area contributed by atoms with Gasteiger partial charge in [-0.05, 0) is 208 Å². The lowest BCUT2D eigenvalue weighted by atomic mass is 9.33. The Hall–Kier alpha value is -9.32. The van der Waals surface area contributed by atoms with Crippen molar-refractivity contribution in [3.63, 3.8) is 0 Å². The van der Waals surface area contributed by atoms with Gasteiger partial charge in [0.15, 0.2) is 0 Å². The smallest absolute Gasteiger partial charge is 0.252 e. The highest BCUT2D eigenvalue weighted by Gasteiger charge is 2.46. The van der Waals surface area contributed by atoms with E-state index in [0.29, 0.717) is 28.2 Å².